The lowest BCUT2D eigenvalue weighted by Crippen LogP contribution is -2.24. The molecule has 3 heterocycles. The monoisotopic (exact) mass is 608 g/mol. The summed E-state index contributed by atoms with van der Waals surface area (Å²) in [6, 6.07) is 9.86. The lowest BCUT2D eigenvalue weighted by atomic mass is 10.1. The second-order valence-electron chi connectivity index (χ2n) is 9.08. The first-order valence-corrected chi connectivity index (χ1v) is 13.6. The number of esters is 1. The molecule has 12 nitrogen and oxygen atoms in total. The molecule has 0 spiro atoms. The number of rotatable bonds is 8. The standard InChI is InChI=1S/C28H22F2N6O6S/c1-35-9-8-32-25(35)17-11-16(43(39)28-34-14-19(36(28)2)27(38)40-3)5-7-21(17)41-24-18(29)13-33-26(23(24)30)42-22-10-15(12-31)4-6-20(22)37/h4-7,10-11,13-14,37H,8-9H2,1-3H3. The van der Waals surface area contributed by atoms with Gasteiger partial charge in [0.1, 0.15) is 28.1 Å². The summed E-state index contributed by atoms with van der Waals surface area (Å²) in [5.74, 6) is -4.96. The van der Waals surface area contributed by atoms with E-state index < -0.39 is 45.8 Å². The summed E-state index contributed by atoms with van der Waals surface area (Å²) in [5, 5.41) is 19.3. The number of imidazole rings is 1. The number of likely N-dealkylation sites (N-methyl/N-ethyl adjacent to an activating group) is 1. The number of nitrogens with zero attached hydrogens (tertiary/aromatic N) is 6. The number of aromatic hydroxyl groups is 1. The van der Waals surface area contributed by atoms with Gasteiger partial charge >= 0.3 is 5.97 Å². The molecule has 0 aliphatic carbocycles. The van der Waals surface area contributed by atoms with Crippen molar-refractivity contribution in [2.24, 2.45) is 12.0 Å². The first kappa shape index (κ1) is 29.1. The molecule has 15 heteroatoms. The van der Waals surface area contributed by atoms with Crippen molar-refractivity contribution in [3.63, 3.8) is 0 Å². The van der Waals surface area contributed by atoms with Gasteiger partial charge in [0.05, 0.1) is 43.2 Å². The molecule has 5 rings (SSSR count). The highest BCUT2D eigenvalue weighted by molar-refractivity contribution is 7.85. The second-order valence-corrected chi connectivity index (χ2v) is 10.5. The Morgan fingerprint density at radius 2 is 1.88 bits per heavy atom. The van der Waals surface area contributed by atoms with Crippen molar-refractivity contribution in [2.45, 2.75) is 10.1 Å². The third-order valence-corrected chi connectivity index (χ3v) is 7.77. The maximum atomic E-state index is 15.5. The Bertz CT molecular complexity index is 1850. The van der Waals surface area contributed by atoms with Gasteiger partial charge in [0.2, 0.25) is 16.7 Å². The molecule has 0 saturated heterocycles. The van der Waals surface area contributed by atoms with E-state index in [0.29, 0.717) is 25.1 Å². The fraction of sp³-hybridized carbons (Fsp3) is 0.179. The number of phenols is 1. The van der Waals surface area contributed by atoms with E-state index >= 15 is 4.39 Å². The summed E-state index contributed by atoms with van der Waals surface area (Å²) in [5.41, 5.74) is 0.508. The van der Waals surface area contributed by atoms with Gasteiger partial charge in [-0.1, -0.05) is 0 Å². The van der Waals surface area contributed by atoms with E-state index in [2.05, 4.69) is 15.0 Å². The number of nitriles is 1. The third-order valence-electron chi connectivity index (χ3n) is 6.38. The van der Waals surface area contributed by atoms with Crippen LogP contribution in [-0.2, 0) is 22.6 Å². The number of aromatic nitrogens is 3. The third kappa shape index (κ3) is 5.60. The number of aliphatic imine (C=N–C) groups is 1. The zero-order chi connectivity index (χ0) is 30.8. The molecule has 1 N–H and O–H groups in total. The highest BCUT2D eigenvalue weighted by atomic mass is 32.2. The molecule has 1 aliphatic heterocycles. The molecule has 4 aromatic rings. The van der Waals surface area contributed by atoms with Crippen LogP contribution in [0.15, 0.2) is 63.8 Å². The van der Waals surface area contributed by atoms with Gasteiger partial charge in [-0.25, -0.2) is 23.4 Å². The molecule has 43 heavy (non-hydrogen) atoms. The molecular weight excluding hydrogens is 586 g/mol. The lowest BCUT2D eigenvalue weighted by molar-refractivity contribution is 0.0589. The van der Waals surface area contributed by atoms with Gasteiger partial charge in [0.15, 0.2) is 17.3 Å². The minimum Gasteiger partial charge on any atom is -0.504 e. The van der Waals surface area contributed by atoms with E-state index in [1.54, 1.807) is 11.9 Å². The Morgan fingerprint density at radius 1 is 1.09 bits per heavy atom. The highest BCUT2D eigenvalue weighted by Crippen LogP contribution is 2.38. The van der Waals surface area contributed by atoms with E-state index in [-0.39, 0.29) is 38.4 Å². The van der Waals surface area contributed by atoms with Crippen LogP contribution in [0.3, 0.4) is 0 Å². The summed E-state index contributed by atoms with van der Waals surface area (Å²) in [6.45, 7) is 1.01. The van der Waals surface area contributed by atoms with Crippen molar-refractivity contribution in [3.8, 4) is 34.9 Å². The lowest BCUT2D eigenvalue weighted by Gasteiger charge is -2.19. The summed E-state index contributed by atoms with van der Waals surface area (Å²) in [4.78, 5) is 26.2. The fourth-order valence-corrected chi connectivity index (χ4v) is 5.28. The van der Waals surface area contributed by atoms with Gasteiger partial charge in [0.25, 0.3) is 5.88 Å². The Balaban J connectivity index is 1.53. The van der Waals surface area contributed by atoms with Gasteiger partial charge in [-0.3, -0.25) is 4.99 Å². The normalized spacial score (nSPS) is 13.3. The Hall–Kier alpha value is -5.36. The second kappa shape index (κ2) is 11.9. The number of benzene rings is 2. The molecule has 1 aliphatic rings. The highest BCUT2D eigenvalue weighted by Gasteiger charge is 2.27. The van der Waals surface area contributed by atoms with Crippen LogP contribution in [0, 0.1) is 23.0 Å². The van der Waals surface area contributed by atoms with Gasteiger partial charge in [0, 0.05) is 31.6 Å². The van der Waals surface area contributed by atoms with Gasteiger partial charge < -0.3 is 28.8 Å². The minimum absolute atomic E-state index is 0.0207. The van der Waals surface area contributed by atoms with Crippen LogP contribution < -0.4 is 9.47 Å². The van der Waals surface area contributed by atoms with Gasteiger partial charge in [-0.15, -0.1) is 0 Å². The molecular formula is C28H22F2N6O6S. The molecule has 0 radical (unpaired) electrons. The molecule has 0 fully saturated rings. The SMILES string of the molecule is COC(=O)c1cnc(S(=O)c2ccc(Oc3c(F)cnc(Oc4cc(C#N)ccc4O)c3F)c(C3=NCCN3C)c2)n1C. The number of amidine groups is 1. The molecule has 2 aromatic carbocycles. The van der Waals surface area contributed by atoms with Gasteiger partial charge in [-0.2, -0.15) is 9.65 Å². The van der Waals surface area contributed by atoms with Crippen LogP contribution >= 0.6 is 0 Å². The number of carbonyl (C=O) groups excluding carboxylic acids is 1. The Morgan fingerprint density at radius 3 is 2.58 bits per heavy atom. The van der Waals surface area contributed by atoms with Crippen molar-refractivity contribution in [1.82, 2.24) is 19.4 Å². The maximum Gasteiger partial charge on any atom is 0.356 e. The smallest absolute Gasteiger partial charge is 0.356 e. The van der Waals surface area contributed by atoms with Crippen molar-refractivity contribution in [2.75, 3.05) is 27.2 Å². The van der Waals surface area contributed by atoms with Gasteiger partial charge in [-0.05, 0) is 30.3 Å². The average molecular weight is 609 g/mol. The molecule has 0 bridgehead atoms. The van der Waals surface area contributed by atoms with E-state index in [1.807, 2.05) is 6.07 Å². The summed E-state index contributed by atoms with van der Waals surface area (Å²) < 4.78 is 61.1. The maximum absolute atomic E-state index is 15.5. The summed E-state index contributed by atoms with van der Waals surface area (Å²) in [7, 11) is 2.62. The van der Waals surface area contributed by atoms with Crippen LogP contribution in [-0.4, -0.2) is 67.8 Å². The number of methoxy groups -OCH3 is 1. The molecule has 220 valence electrons. The minimum atomic E-state index is -1.88. The van der Waals surface area contributed by atoms with Crippen molar-refractivity contribution < 1.29 is 37.1 Å². The van der Waals surface area contributed by atoms with E-state index in [0.717, 1.165) is 0 Å². The number of hydrogen-bond acceptors (Lipinski definition) is 11. The number of carbonyl (C=O) groups is 1. The summed E-state index contributed by atoms with van der Waals surface area (Å²) >= 11 is 0. The summed E-state index contributed by atoms with van der Waals surface area (Å²) in [6.07, 6.45) is 1.93. The van der Waals surface area contributed by atoms with Crippen LogP contribution in [0.25, 0.3) is 0 Å². The number of phenolic OH excluding ortho intramolecular Hbond substituents is 1. The molecule has 0 amide bonds. The van der Waals surface area contributed by atoms with Crippen LogP contribution in [0.1, 0.15) is 21.6 Å². The zero-order valence-corrected chi connectivity index (χ0v) is 23.7. The van der Waals surface area contributed by atoms with E-state index in [1.165, 1.54) is 61.3 Å². The molecule has 1 atom stereocenters. The molecule has 0 saturated carbocycles. The first-order valence-electron chi connectivity index (χ1n) is 12.5. The topological polar surface area (TPSA) is 152 Å². The number of halogens is 2. The van der Waals surface area contributed by atoms with E-state index in [9.17, 15) is 18.5 Å². The number of hydrogen-bond donors (Lipinski definition) is 1. The fourth-order valence-electron chi connectivity index (χ4n) is 4.15. The predicted molar refractivity (Wildman–Crippen MR) is 147 cm³/mol. The molecule has 2 aromatic heterocycles. The Kier molecular flexibility index (Phi) is 8.04. The quantitative estimate of drug-likeness (QED) is 0.292. The van der Waals surface area contributed by atoms with Crippen molar-refractivity contribution >= 4 is 22.6 Å². The van der Waals surface area contributed by atoms with Crippen LogP contribution in [0.2, 0.25) is 0 Å². The zero-order valence-electron chi connectivity index (χ0n) is 22.9. The first-order chi connectivity index (χ1) is 20.6. The van der Waals surface area contributed by atoms with Crippen LogP contribution in [0.4, 0.5) is 8.78 Å². The van der Waals surface area contributed by atoms with Crippen molar-refractivity contribution in [3.05, 3.63) is 77.2 Å². The average Bonchev–Trinajstić information content (AvgIpc) is 3.61. The predicted octanol–water partition coefficient (Wildman–Crippen LogP) is 3.90. The molecule has 1 unspecified atom stereocenters. The van der Waals surface area contributed by atoms with Crippen LogP contribution in [0.5, 0.6) is 28.9 Å². The number of pyridine rings is 1. The van der Waals surface area contributed by atoms with E-state index in [4.69, 9.17) is 19.5 Å². The largest absolute Gasteiger partial charge is 0.504 e. The number of ether oxygens (including phenoxy) is 3. The van der Waals surface area contributed by atoms with Crippen molar-refractivity contribution in [1.29, 1.82) is 5.26 Å². The Labute approximate surface area is 245 Å².